The Labute approximate surface area is 204 Å². The molecule has 1 heterocycles. The summed E-state index contributed by atoms with van der Waals surface area (Å²) < 4.78 is 19.4. The van der Waals surface area contributed by atoms with Crippen molar-refractivity contribution in [3.8, 4) is 6.07 Å². The van der Waals surface area contributed by atoms with Gasteiger partial charge in [-0.05, 0) is 77.6 Å². The van der Waals surface area contributed by atoms with Gasteiger partial charge in [-0.2, -0.15) is 5.26 Å². The number of ether oxygens (including phenoxy) is 1. The quantitative estimate of drug-likeness (QED) is 0.544. The van der Waals surface area contributed by atoms with Crippen molar-refractivity contribution >= 4 is 17.6 Å². The number of halogens is 1. The second kappa shape index (κ2) is 8.20. The third-order valence-electron chi connectivity index (χ3n) is 8.16. The number of amides is 1. The number of esters is 1. The molecule has 1 unspecified atom stereocenters. The van der Waals surface area contributed by atoms with Gasteiger partial charge in [-0.1, -0.05) is 38.1 Å². The van der Waals surface area contributed by atoms with E-state index in [1.807, 2.05) is 18.2 Å². The number of nitrogens with zero attached hydrogens (tertiary/aromatic N) is 2. The number of anilines is 1. The lowest BCUT2D eigenvalue weighted by Gasteiger charge is -2.33. The number of carbonyl (C=O) groups is 2. The molecule has 5 rings (SSSR count). The average Bonchev–Trinajstić information content (AvgIpc) is 3.54. The van der Waals surface area contributed by atoms with E-state index in [0.717, 1.165) is 16.8 Å². The van der Waals surface area contributed by atoms with Crippen molar-refractivity contribution < 1.29 is 18.7 Å². The van der Waals surface area contributed by atoms with Gasteiger partial charge in [0.2, 0.25) is 5.91 Å². The molecule has 2 aromatic carbocycles. The second-order valence-corrected chi connectivity index (χ2v) is 9.99. The number of allylic oxidation sites excluding steroid dienone is 4. The Morgan fingerprint density at radius 3 is 2.74 bits per heavy atom. The Hall–Kier alpha value is -3.72. The summed E-state index contributed by atoms with van der Waals surface area (Å²) in [5.41, 5.74) is 2.12. The number of hydrogen-bond acceptors (Lipinski definition) is 4. The number of nitriles is 1. The standard InChI is InChI=1S/C29H27FN2O3/c1-18(2)28(22-9-7-19(15-31)8-10-22)17-29(28)24-14-23(30)11-12-25(24)32(27(29)34)16-20-5-4-6-21(13-20)26(33)35-3/h4-9,11-14,18,22H,10,16-17H2,1-3H3/t22?,28-,29-/m1/s1. The van der Waals surface area contributed by atoms with Crippen LogP contribution in [0.25, 0.3) is 0 Å². The summed E-state index contributed by atoms with van der Waals surface area (Å²) in [6.45, 7) is 4.53. The molecule has 0 N–H and O–H groups in total. The molecule has 1 spiro atoms. The fourth-order valence-electron chi connectivity index (χ4n) is 6.47. The van der Waals surface area contributed by atoms with Crippen LogP contribution >= 0.6 is 0 Å². The Balaban J connectivity index is 1.56. The van der Waals surface area contributed by atoms with Gasteiger partial charge in [-0.25, -0.2) is 9.18 Å². The molecule has 0 saturated heterocycles. The summed E-state index contributed by atoms with van der Waals surface area (Å²) >= 11 is 0. The van der Waals surface area contributed by atoms with Crippen molar-refractivity contribution in [2.24, 2.45) is 17.3 Å². The van der Waals surface area contributed by atoms with Crippen LogP contribution in [0.15, 0.2) is 66.3 Å². The Morgan fingerprint density at radius 2 is 2.09 bits per heavy atom. The fraction of sp³-hybridized carbons (Fsp3) is 0.345. The minimum atomic E-state index is -0.814. The highest BCUT2D eigenvalue weighted by Crippen LogP contribution is 2.76. The van der Waals surface area contributed by atoms with Crippen LogP contribution in [0, 0.1) is 34.4 Å². The summed E-state index contributed by atoms with van der Waals surface area (Å²) in [5, 5.41) is 9.26. The normalized spacial score (nSPS) is 26.5. The lowest BCUT2D eigenvalue weighted by molar-refractivity contribution is -0.121. The number of methoxy groups -OCH3 is 1. The minimum absolute atomic E-state index is 0.0290. The van der Waals surface area contributed by atoms with Gasteiger partial charge < -0.3 is 9.64 Å². The summed E-state index contributed by atoms with van der Waals surface area (Å²) in [7, 11) is 1.33. The summed E-state index contributed by atoms with van der Waals surface area (Å²) in [4.78, 5) is 28.0. The summed E-state index contributed by atoms with van der Waals surface area (Å²) in [5.74, 6) is -0.591. The Kier molecular flexibility index (Phi) is 5.40. The van der Waals surface area contributed by atoms with E-state index in [1.165, 1.54) is 19.2 Å². The van der Waals surface area contributed by atoms with Gasteiger partial charge >= 0.3 is 5.97 Å². The maximum absolute atomic E-state index is 14.5. The molecule has 5 nitrogen and oxygen atoms in total. The van der Waals surface area contributed by atoms with Gasteiger partial charge in [0, 0.05) is 11.3 Å². The Morgan fingerprint density at radius 1 is 1.29 bits per heavy atom. The SMILES string of the molecule is COC(=O)c1cccc(CN2C(=O)[C@@]3(C[C@@]3(C(C)C)C3C=CC(C#N)=CC3)c3cc(F)ccc32)c1. The van der Waals surface area contributed by atoms with Gasteiger partial charge in [0.05, 0.1) is 30.7 Å². The largest absolute Gasteiger partial charge is 0.465 e. The van der Waals surface area contributed by atoms with E-state index in [-0.39, 0.29) is 35.5 Å². The first-order chi connectivity index (χ1) is 16.8. The third kappa shape index (κ3) is 3.25. The molecule has 6 heteroatoms. The molecule has 1 amide bonds. The fourth-order valence-corrected chi connectivity index (χ4v) is 6.47. The average molecular weight is 471 g/mol. The predicted molar refractivity (Wildman–Crippen MR) is 130 cm³/mol. The third-order valence-corrected chi connectivity index (χ3v) is 8.16. The van der Waals surface area contributed by atoms with E-state index in [9.17, 15) is 19.2 Å². The highest BCUT2D eigenvalue weighted by Gasteiger charge is 2.78. The van der Waals surface area contributed by atoms with E-state index >= 15 is 0 Å². The maximum Gasteiger partial charge on any atom is 0.337 e. The maximum atomic E-state index is 14.5. The molecule has 0 bridgehead atoms. The molecule has 1 aliphatic heterocycles. The zero-order valence-corrected chi connectivity index (χ0v) is 20.0. The van der Waals surface area contributed by atoms with E-state index < -0.39 is 11.4 Å². The Bertz CT molecular complexity index is 1340. The smallest absolute Gasteiger partial charge is 0.337 e. The number of rotatable bonds is 5. The van der Waals surface area contributed by atoms with E-state index in [1.54, 1.807) is 29.2 Å². The topological polar surface area (TPSA) is 70.4 Å². The predicted octanol–water partition coefficient (Wildman–Crippen LogP) is 5.47. The zero-order chi connectivity index (χ0) is 25.0. The highest BCUT2D eigenvalue weighted by molar-refractivity contribution is 6.11. The second-order valence-electron chi connectivity index (χ2n) is 9.99. The van der Waals surface area contributed by atoms with Crippen LogP contribution in [-0.4, -0.2) is 19.0 Å². The lowest BCUT2D eigenvalue weighted by Crippen LogP contribution is -2.39. The van der Waals surface area contributed by atoms with Crippen LogP contribution < -0.4 is 4.90 Å². The molecule has 3 atom stereocenters. The van der Waals surface area contributed by atoms with Crippen LogP contribution in [0.5, 0.6) is 0 Å². The van der Waals surface area contributed by atoms with E-state index in [4.69, 9.17) is 4.74 Å². The summed E-state index contributed by atoms with van der Waals surface area (Å²) in [6, 6.07) is 13.8. The molecule has 35 heavy (non-hydrogen) atoms. The van der Waals surface area contributed by atoms with Gasteiger partial charge in [0.1, 0.15) is 5.82 Å². The van der Waals surface area contributed by atoms with Gasteiger partial charge in [0.15, 0.2) is 0 Å². The van der Waals surface area contributed by atoms with Crippen molar-refractivity contribution in [2.45, 2.75) is 38.6 Å². The van der Waals surface area contributed by atoms with Crippen LogP contribution in [0.4, 0.5) is 10.1 Å². The van der Waals surface area contributed by atoms with E-state index in [2.05, 4.69) is 26.0 Å². The van der Waals surface area contributed by atoms with Gasteiger partial charge in [-0.15, -0.1) is 0 Å². The summed E-state index contributed by atoms with van der Waals surface area (Å²) in [6.07, 6.45) is 7.14. The van der Waals surface area contributed by atoms with Gasteiger partial charge in [-0.3, -0.25) is 4.79 Å². The molecule has 0 radical (unpaired) electrons. The molecule has 2 aromatic rings. The van der Waals surface area contributed by atoms with Crippen LogP contribution in [-0.2, 0) is 21.5 Å². The van der Waals surface area contributed by atoms with Crippen molar-refractivity contribution in [3.63, 3.8) is 0 Å². The van der Waals surface area contributed by atoms with Crippen molar-refractivity contribution in [2.75, 3.05) is 12.0 Å². The number of benzene rings is 2. The monoisotopic (exact) mass is 470 g/mol. The zero-order valence-electron chi connectivity index (χ0n) is 20.0. The number of fused-ring (bicyclic) bond motifs is 2. The van der Waals surface area contributed by atoms with Crippen molar-refractivity contribution in [3.05, 3.63) is 88.8 Å². The number of carbonyl (C=O) groups excluding carboxylic acids is 2. The number of hydrogen-bond donors (Lipinski definition) is 0. The van der Waals surface area contributed by atoms with Crippen LogP contribution in [0.2, 0.25) is 0 Å². The first-order valence-corrected chi connectivity index (χ1v) is 11.9. The first kappa shape index (κ1) is 23.0. The van der Waals surface area contributed by atoms with Crippen LogP contribution in [0.3, 0.4) is 0 Å². The lowest BCUT2D eigenvalue weighted by atomic mass is 9.69. The van der Waals surface area contributed by atoms with Crippen molar-refractivity contribution in [1.29, 1.82) is 5.26 Å². The van der Waals surface area contributed by atoms with Crippen molar-refractivity contribution in [1.82, 2.24) is 0 Å². The first-order valence-electron chi connectivity index (χ1n) is 11.9. The molecule has 1 saturated carbocycles. The van der Waals surface area contributed by atoms with E-state index in [0.29, 0.717) is 24.0 Å². The molecular formula is C29H27FN2O3. The minimum Gasteiger partial charge on any atom is -0.465 e. The molecular weight excluding hydrogens is 443 g/mol. The molecule has 3 aliphatic rings. The molecule has 0 aromatic heterocycles. The van der Waals surface area contributed by atoms with Crippen LogP contribution in [0.1, 0.15) is 48.2 Å². The van der Waals surface area contributed by atoms with Gasteiger partial charge in [0.25, 0.3) is 0 Å². The molecule has 178 valence electrons. The highest BCUT2D eigenvalue weighted by atomic mass is 19.1. The molecule has 1 fully saturated rings. The molecule has 2 aliphatic carbocycles.